The fourth-order valence-electron chi connectivity index (χ4n) is 3.60. The molecule has 0 N–H and O–H groups in total. The van der Waals surface area contributed by atoms with Crippen LogP contribution >= 0.6 is 11.6 Å². The van der Waals surface area contributed by atoms with Crippen LogP contribution in [-0.2, 0) is 4.74 Å². The van der Waals surface area contributed by atoms with Gasteiger partial charge in [-0.3, -0.25) is 4.98 Å². The van der Waals surface area contributed by atoms with Crippen LogP contribution < -0.4 is 4.90 Å². The van der Waals surface area contributed by atoms with E-state index in [0.29, 0.717) is 47.3 Å². The molecular weight excluding hydrogens is 423 g/mol. The molecule has 31 heavy (non-hydrogen) atoms. The van der Waals surface area contributed by atoms with Crippen molar-refractivity contribution in [1.29, 1.82) is 0 Å². The Morgan fingerprint density at radius 2 is 2.10 bits per heavy atom. The van der Waals surface area contributed by atoms with E-state index in [1.807, 2.05) is 32.6 Å². The van der Waals surface area contributed by atoms with E-state index in [4.69, 9.17) is 20.8 Å². The number of hydrogen-bond donors (Lipinski definition) is 0. The highest BCUT2D eigenvalue weighted by atomic mass is 35.5. The highest BCUT2D eigenvalue weighted by Gasteiger charge is 2.32. The molecule has 4 rings (SSSR count). The number of aromatic nitrogens is 2. The number of hydrogen-bond acceptors (Lipinski definition) is 6. The average Bonchev–Trinajstić information content (AvgIpc) is 3.10. The van der Waals surface area contributed by atoms with Crippen molar-refractivity contribution in [3.63, 3.8) is 0 Å². The predicted molar refractivity (Wildman–Crippen MR) is 117 cm³/mol. The van der Waals surface area contributed by atoms with Gasteiger partial charge in [0.15, 0.2) is 5.58 Å². The van der Waals surface area contributed by atoms with Gasteiger partial charge in [-0.15, -0.1) is 0 Å². The van der Waals surface area contributed by atoms with E-state index < -0.39 is 11.4 Å². The summed E-state index contributed by atoms with van der Waals surface area (Å²) in [5, 5.41) is 0.412. The molecule has 0 saturated carbocycles. The monoisotopic (exact) mass is 446 g/mol. The quantitative estimate of drug-likeness (QED) is 0.543. The Morgan fingerprint density at radius 3 is 2.77 bits per heavy atom. The number of carbonyl (C=O) groups is 1. The summed E-state index contributed by atoms with van der Waals surface area (Å²) in [5.41, 5.74) is 0.983. The number of piperazine rings is 1. The third-order valence-electron chi connectivity index (χ3n) is 4.98. The second-order valence-electron chi connectivity index (χ2n) is 8.60. The second kappa shape index (κ2) is 8.00. The first-order valence-corrected chi connectivity index (χ1v) is 10.5. The molecule has 0 aliphatic carbocycles. The summed E-state index contributed by atoms with van der Waals surface area (Å²) in [7, 11) is 0. The maximum atomic E-state index is 14.4. The van der Waals surface area contributed by atoms with E-state index in [9.17, 15) is 9.18 Å². The van der Waals surface area contributed by atoms with Gasteiger partial charge in [0.25, 0.3) is 6.01 Å². The number of benzene rings is 1. The zero-order valence-electron chi connectivity index (χ0n) is 17.9. The minimum Gasteiger partial charge on any atom is -0.444 e. The van der Waals surface area contributed by atoms with Crippen molar-refractivity contribution < 1.29 is 18.3 Å². The molecule has 2 aromatic heterocycles. The first kappa shape index (κ1) is 21.4. The second-order valence-corrected chi connectivity index (χ2v) is 9.04. The molecule has 9 heteroatoms. The van der Waals surface area contributed by atoms with Crippen LogP contribution in [0.25, 0.3) is 22.4 Å². The minimum absolute atomic E-state index is 0.0557. The summed E-state index contributed by atoms with van der Waals surface area (Å²) in [6.07, 6.45) is 1.18. The number of rotatable bonds is 2. The van der Waals surface area contributed by atoms with Gasteiger partial charge in [0.05, 0.1) is 0 Å². The number of halogens is 2. The molecule has 164 valence electrons. The average molecular weight is 447 g/mol. The largest absolute Gasteiger partial charge is 0.444 e. The fourth-order valence-corrected chi connectivity index (χ4v) is 3.82. The molecule has 1 fully saturated rings. The molecule has 1 amide bonds. The maximum Gasteiger partial charge on any atom is 0.410 e. The van der Waals surface area contributed by atoms with Crippen LogP contribution in [0.15, 0.2) is 34.9 Å². The number of amides is 1. The van der Waals surface area contributed by atoms with E-state index in [1.165, 1.54) is 18.3 Å². The van der Waals surface area contributed by atoms with Crippen LogP contribution in [0.5, 0.6) is 0 Å². The van der Waals surface area contributed by atoms with Gasteiger partial charge in [0.2, 0.25) is 0 Å². The molecule has 0 radical (unpaired) electrons. The molecule has 1 saturated heterocycles. The van der Waals surface area contributed by atoms with Crippen LogP contribution in [0, 0.1) is 5.82 Å². The van der Waals surface area contributed by atoms with Gasteiger partial charge in [0.1, 0.15) is 22.6 Å². The predicted octanol–water partition coefficient (Wildman–Crippen LogP) is 5.13. The Kier molecular flexibility index (Phi) is 5.51. The van der Waals surface area contributed by atoms with Crippen molar-refractivity contribution in [1.82, 2.24) is 14.9 Å². The summed E-state index contributed by atoms with van der Waals surface area (Å²) in [5.74, 6) is -0.469. The molecule has 0 spiro atoms. The van der Waals surface area contributed by atoms with E-state index in [1.54, 1.807) is 17.0 Å². The maximum absolute atomic E-state index is 14.4. The fraction of sp³-hybridized carbons (Fsp3) is 0.409. The summed E-state index contributed by atoms with van der Waals surface area (Å²) in [6.45, 7) is 8.98. The van der Waals surface area contributed by atoms with Gasteiger partial charge >= 0.3 is 6.09 Å². The number of anilines is 1. The summed E-state index contributed by atoms with van der Waals surface area (Å²) in [6, 6.07) is 6.50. The molecule has 1 atom stereocenters. The number of oxazole rings is 1. The smallest absolute Gasteiger partial charge is 0.410 e. The molecular formula is C22H24ClFN4O3. The van der Waals surface area contributed by atoms with Crippen LogP contribution in [0.2, 0.25) is 5.02 Å². The molecule has 1 aliphatic rings. The molecule has 1 aliphatic heterocycles. The van der Waals surface area contributed by atoms with E-state index in [2.05, 4.69) is 9.97 Å². The van der Waals surface area contributed by atoms with Crippen molar-refractivity contribution in [3.05, 3.63) is 41.3 Å². The van der Waals surface area contributed by atoms with E-state index in [-0.39, 0.29) is 17.8 Å². The summed E-state index contributed by atoms with van der Waals surface area (Å²) >= 11 is 6.25. The standard InChI is InChI=1S/C22H24ClFN4O3/c1-13-12-27(21(29)31-22(2,3)4)8-9-28(13)20-26-17-11-14(23)10-15(19(17)30-20)18-16(24)6-5-7-25-18/h5-7,10-11,13H,8-9,12H2,1-4H3. The Hall–Kier alpha value is -2.87. The van der Waals surface area contributed by atoms with E-state index in [0.717, 1.165) is 0 Å². The summed E-state index contributed by atoms with van der Waals surface area (Å²) in [4.78, 5) is 24.8. The molecule has 7 nitrogen and oxygen atoms in total. The zero-order chi connectivity index (χ0) is 22.3. The number of pyridine rings is 1. The highest BCUT2D eigenvalue weighted by molar-refractivity contribution is 6.31. The van der Waals surface area contributed by atoms with Crippen molar-refractivity contribution in [3.8, 4) is 11.3 Å². The van der Waals surface area contributed by atoms with Crippen molar-refractivity contribution in [2.45, 2.75) is 39.3 Å². The normalized spacial score (nSPS) is 17.3. The molecule has 3 heterocycles. The molecule has 1 aromatic carbocycles. The molecule has 0 bridgehead atoms. The topological polar surface area (TPSA) is 71.7 Å². The van der Waals surface area contributed by atoms with Gasteiger partial charge in [-0.2, -0.15) is 4.98 Å². The van der Waals surface area contributed by atoms with E-state index >= 15 is 0 Å². The van der Waals surface area contributed by atoms with Gasteiger partial charge < -0.3 is 19.0 Å². The lowest BCUT2D eigenvalue weighted by Gasteiger charge is -2.39. The minimum atomic E-state index is -0.547. The highest BCUT2D eigenvalue weighted by Crippen LogP contribution is 2.35. The molecule has 3 aromatic rings. The lowest BCUT2D eigenvalue weighted by molar-refractivity contribution is 0.0216. The number of ether oxygens (including phenoxy) is 1. The third kappa shape index (κ3) is 4.44. The van der Waals surface area contributed by atoms with Crippen molar-refractivity contribution in [2.75, 3.05) is 24.5 Å². The Labute approximate surface area is 184 Å². The number of nitrogens with zero attached hydrogens (tertiary/aromatic N) is 4. The Morgan fingerprint density at radius 1 is 1.32 bits per heavy atom. The lowest BCUT2D eigenvalue weighted by Crippen LogP contribution is -2.54. The molecule has 1 unspecified atom stereocenters. The SMILES string of the molecule is CC1CN(C(=O)OC(C)(C)C)CCN1c1nc2cc(Cl)cc(-c3ncccc3F)c2o1. The van der Waals surface area contributed by atoms with Crippen LogP contribution in [0.3, 0.4) is 0 Å². The van der Waals surface area contributed by atoms with Gasteiger partial charge in [0, 0.05) is 42.5 Å². The van der Waals surface area contributed by atoms with Crippen molar-refractivity contribution in [2.24, 2.45) is 0 Å². The first-order chi connectivity index (χ1) is 14.6. The zero-order valence-corrected chi connectivity index (χ0v) is 18.6. The first-order valence-electron chi connectivity index (χ1n) is 10.1. The Balaban J connectivity index is 1.62. The Bertz CT molecular complexity index is 1130. The number of fused-ring (bicyclic) bond motifs is 1. The van der Waals surface area contributed by atoms with Gasteiger partial charge in [-0.1, -0.05) is 11.6 Å². The van der Waals surface area contributed by atoms with Gasteiger partial charge in [-0.25, -0.2) is 9.18 Å². The van der Waals surface area contributed by atoms with Crippen molar-refractivity contribution >= 4 is 34.8 Å². The lowest BCUT2D eigenvalue weighted by atomic mass is 10.1. The summed E-state index contributed by atoms with van der Waals surface area (Å²) < 4.78 is 25.9. The third-order valence-corrected chi connectivity index (χ3v) is 5.20. The van der Waals surface area contributed by atoms with Crippen LogP contribution in [0.4, 0.5) is 15.2 Å². The number of carbonyl (C=O) groups excluding carboxylic acids is 1. The van der Waals surface area contributed by atoms with Crippen LogP contribution in [0.1, 0.15) is 27.7 Å². The van der Waals surface area contributed by atoms with Crippen LogP contribution in [-0.4, -0.2) is 52.2 Å². The van der Waals surface area contributed by atoms with Gasteiger partial charge in [-0.05, 0) is 52.0 Å².